The first-order valence-electron chi connectivity index (χ1n) is 6.09. The Hall–Kier alpha value is -2.72. The fourth-order valence-corrected chi connectivity index (χ4v) is 2.59. The van der Waals surface area contributed by atoms with Crippen LogP contribution in [0.3, 0.4) is 0 Å². The third-order valence-electron chi connectivity index (χ3n) is 2.75. The summed E-state index contributed by atoms with van der Waals surface area (Å²) in [5.41, 5.74) is 0.884. The van der Waals surface area contributed by atoms with Gasteiger partial charge in [0.25, 0.3) is 5.56 Å². The van der Waals surface area contributed by atoms with Gasteiger partial charge in [-0.3, -0.25) is 4.79 Å². The van der Waals surface area contributed by atoms with E-state index in [0.29, 0.717) is 21.4 Å². The Morgan fingerprint density at radius 3 is 3.10 bits per heavy atom. The van der Waals surface area contributed by atoms with Crippen molar-refractivity contribution >= 4 is 16.3 Å². The summed E-state index contributed by atoms with van der Waals surface area (Å²) >= 11 is 1.29. The monoisotopic (exact) mass is 298 g/mol. The van der Waals surface area contributed by atoms with Crippen molar-refractivity contribution in [1.82, 2.24) is 19.8 Å². The van der Waals surface area contributed by atoms with Gasteiger partial charge in [-0.1, -0.05) is 29.4 Å². The maximum Gasteiger partial charge on any atom is 0.296 e. The predicted molar refractivity (Wildman–Crippen MR) is 79.4 cm³/mol. The first-order chi connectivity index (χ1) is 10.2. The number of aryl methyl sites for hydroxylation is 1. The van der Waals surface area contributed by atoms with Crippen molar-refractivity contribution in [3.8, 4) is 28.7 Å². The van der Waals surface area contributed by atoms with Gasteiger partial charge in [-0.25, -0.2) is 0 Å². The highest BCUT2D eigenvalue weighted by atomic mass is 32.1. The smallest absolute Gasteiger partial charge is 0.296 e. The Morgan fingerprint density at radius 2 is 2.29 bits per heavy atom. The van der Waals surface area contributed by atoms with E-state index in [0.717, 1.165) is 5.56 Å². The molecule has 0 saturated carbocycles. The predicted octanol–water partition coefficient (Wildman–Crippen LogP) is 1.53. The molecule has 0 amide bonds. The molecule has 0 bridgehead atoms. The van der Waals surface area contributed by atoms with Crippen LogP contribution in [0.5, 0.6) is 5.75 Å². The first-order valence-corrected chi connectivity index (χ1v) is 6.90. The third-order valence-corrected chi connectivity index (χ3v) is 3.70. The highest BCUT2D eigenvalue weighted by Gasteiger charge is 2.11. The summed E-state index contributed by atoms with van der Waals surface area (Å²) in [6.07, 6.45) is 5.17. The lowest BCUT2D eigenvalue weighted by Crippen LogP contribution is -2.19. The normalized spacial score (nSPS) is 10.5. The molecule has 0 spiro atoms. The van der Waals surface area contributed by atoms with Crippen LogP contribution in [-0.2, 0) is 0 Å². The number of rotatable bonds is 3. The lowest BCUT2D eigenvalue weighted by atomic mass is 10.2. The summed E-state index contributed by atoms with van der Waals surface area (Å²) in [6, 6.07) is 7.35. The van der Waals surface area contributed by atoms with Gasteiger partial charge in [0, 0.05) is 5.56 Å². The van der Waals surface area contributed by atoms with Crippen LogP contribution in [0.25, 0.3) is 15.5 Å². The molecule has 104 valence electrons. The van der Waals surface area contributed by atoms with Crippen LogP contribution in [0, 0.1) is 19.3 Å². The van der Waals surface area contributed by atoms with Gasteiger partial charge < -0.3 is 4.74 Å². The van der Waals surface area contributed by atoms with E-state index in [1.54, 1.807) is 6.92 Å². The molecular weight excluding hydrogens is 288 g/mol. The summed E-state index contributed by atoms with van der Waals surface area (Å²) in [4.78, 5) is 12.4. The molecule has 6 nitrogen and oxygen atoms in total. The fraction of sp³-hybridized carbons (Fsp3) is 0.143. The van der Waals surface area contributed by atoms with E-state index in [1.807, 2.05) is 24.3 Å². The highest BCUT2D eigenvalue weighted by molar-refractivity contribution is 7.19. The number of aromatic nitrogens is 4. The maximum atomic E-state index is 11.9. The van der Waals surface area contributed by atoms with Crippen molar-refractivity contribution < 1.29 is 4.74 Å². The van der Waals surface area contributed by atoms with Crippen LogP contribution in [0.4, 0.5) is 0 Å². The molecule has 3 rings (SSSR count). The van der Waals surface area contributed by atoms with E-state index in [9.17, 15) is 4.79 Å². The van der Waals surface area contributed by atoms with Crippen molar-refractivity contribution in [1.29, 1.82) is 0 Å². The molecule has 0 aliphatic heterocycles. The molecule has 3 aromatic rings. The van der Waals surface area contributed by atoms with Crippen LogP contribution in [0.1, 0.15) is 5.69 Å². The van der Waals surface area contributed by atoms with Gasteiger partial charge in [0.15, 0.2) is 0 Å². The molecule has 0 saturated heterocycles. The number of fused-ring (bicyclic) bond motifs is 1. The van der Waals surface area contributed by atoms with Crippen LogP contribution < -0.4 is 10.3 Å². The van der Waals surface area contributed by atoms with Crippen LogP contribution in [0.15, 0.2) is 29.1 Å². The summed E-state index contributed by atoms with van der Waals surface area (Å²) < 4.78 is 6.64. The minimum Gasteiger partial charge on any atom is -0.481 e. The number of hydrogen-bond acceptors (Lipinski definition) is 6. The lowest BCUT2D eigenvalue weighted by molar-refractivity contribution is 0.370. The van der Waals surface area contributed by atoms with Gasteiger partial charge in [0.2, 0.25) is 4.96 Å². The second-order valence-electron chi connectivity index (χ2n) is 4.21. The fourth-order valence-electron chi connectivity index (χ4n) is 1.75. The third kappa shape index (κ3) is 2.49. The molecule has 2 heterocycles. The Balaban J connectivity index is 2.07. The zero-order valence-electron chi connectivity index (χ0n) is 11.1. The van der Waals surface area contributed by atoms with Crippen molar-refractivity contribution in [2.45, 2.75) is 6.92 Å². The van der Waals surface area contributed by atoms with Gasteiger partial charge >= 0.3 is 0 Å². The van der Waals surface area contributed by atoms with Crippen molar-refractivity contribution in [2.75, 3.05) is 6.61 Å². The second-order valence-corrected chi connectivity index (χ2v) is 5.17. The average molecular weight is 298 g/mol. The van der Waals surface area contributed by atoms with Crippen LogP contribution in [-0.4, -0.2) is 26.4 Å². The molecule has 2 aromatic heterocycles. The Labute approximate surface area is 124 Å². The Morgan fingerprint density at radius 1 is 1.43 bits per heavy atom. The highest BCUT2D eigenvalue weighted by Crippen LogP contribution is 2.27. The minimum atomic E-state index is -0.262. The number of terminal acetylenes is 1. The summed E-state index contributed by atoms with van der Waals surface area (Å²) in [6.45, 7) is 1.81. The number of nitrogens with zero attached hydrogens (tertiary/aromatic N) is 4. The van der Waals surface area contributed by atoms with Crippen molar-refractivity contribution in [3.05, 3.63) is 40.3 Å². The van der Waals surface area contributed by atoms with E-state index >= 15 is 0 Å². The van der Waals surface area contributed by atoms with E-state index < -0.39 is 0 Å². The molecule has 21 heavy (non-hydrogen) atoms. The average Bonchev–Trinajstić information content (AvgIpc) is 2.94. The Bertz CT molecular complexity index is 907. The summed E-state index contributed by atoms with van der Waals surface area (Å²) in [7, 11) is 0. The van der Waals surface area contributed by atoms with Crippen LogP contribution >= 0.6 is 11.3 Å². The number of hydrogen-bond donors (Lipinski definition) is 0. The molecule has 0 radical (unpaired) electrons. The van der Waals surface area contributed by atoms with E-state index in [-0.39, 0.29) is 12.2 Å². The first kappa shape index (κ1) is 13.3. The van der Waals surface area contributed by atoms with Gasteiger partial charge in [-0.15, -0.1) is 16.6 Å². The molecule has 7 heteroatoms. The molecule has 0 unspecified atom stereocenters. The van der Waals surface area contributed by atoms with Gasteiger partial charge in [-0.2, -0.15) is 9.61 Å². The minimum absolute atomic E-state index is 0.202. The quantitative estimate of drug-likeness (QED) is 0.686. The summed E-state index contributed by atoms with van der Waals surface area (Å²) in [5.74, 6) is 3.06. The molecule has 0 atom stereocenters. The SMILES string of the molecule is C#CCOc1cccc(-c2nn3c(=O)c(C)nnc3s2)c1. The number of ether oxygens (including phenoxy) is 1. The van der Waals surface area contributed by atoms with E-state index in [2.05, 4.69) is 21.2 Å². The molecular formula is C14H10N4O2S. The topological polar surface area (TPSA) is 69.4 Å². The zero-order chi connectivity index (χ0) is 14.8. The Kier molecular flexibility index (Phi) is 3.38. The largest absolute Gasteiger partial charge is 0.481 e. The second kappa shape index (κ2) is 5.34. The lowest BCUT2D eigenvalue weighted by Gasteiger charge is -2.02. The van der Waals surface area contributed by atoms with E-state index in [1.165, 1.54) is 15.9 Å². The van der Waals surface area contributed by atoms with Crippen molar-refractivity contribution in [2.24, 2.45) is 0 Å². The zero-order valence-corrected chi connectivity index (χ0v) is 11.9. The molecule has 0 fully saturated rings. The van der Waals surface area contributed by atoms with Crippen LogP contribution in [0.2, 0.25) is 0 Å². The van der Waals surface area contributed by atoms with Gasteiger partial charge in [-0.05, 0) is 19.1 Å². The van der Waals surface area contributed by atoms with E-state index in [4.69, 9.17) is 11.2 Å². The van der Waals surface area contributed by atoms with Gasteiger partial charge in [0.1, 0.15) is 23.1 Å². The molecule has 1 aromatic carbocycles. The number of benzene rings is 1. The summed E-state index contributed by atoms with van der Waals surface area (Å²) in [5, 5.41) is 12.7. The van der Waals surface area contributed by atoms with Gasteiger partial charge in [0.05, 0.1) is 0 Å². The van der Waals surface area contributed by atoms with Crippen molar-refractivity contribution in [3.63, 3.8) is 0 Å². The molecule has 0 N–H and O–H groups in total. The standard InChI is InChI=1S/C14H10N4O2S/c1-3-7-20-11-6-4-5-10(8-11)12-17-18-13(19)9(2)15-16-14(18)21-12/h1,4-6,8H,7H2,2H3. The maximum absolute atomic E-state index is 11.9. The molecule has 0 aliphatic carbocycles. The molecule has 0 aliphatic rings.